The van der Waals surface area contributed by atoms with Crippen molar-refractivity contribution in [3.05, 3.63) is 22.4 Å². The van der Waals surface area contributed by atoms with Gasteiger partial charge in [-0.2, -0.15) is 13.2 Å². The molecular formula is C11H16F3N3S. The monoisotopic (exact) mass is 279 g/mol. The fraction of sp³-hybridized carbons (Fsp3) is 0.545. The quantitative estimate of drug-likeness (QED) is 0.621. The van der Waals surface area contributed by atoms with Gasteiger partial charge in [-0.25, -0.2) is 0 Å². The normalized spacial score (nSPS) is 13.8. The van der Waals surface area contributed by atoms with Gasteiger partial charge < -0.3 is 5.73 Å². The standard InChI is InChI=1S/C11H16F3N3S/c1-2-17(6-8-4-3-5-18-8)7-9(10(15)16)11(12,13)14/h3-5,9H,2,6-7H2,1H3,(H3,15,16). The second-order valence-electron chi connectivity index (χ2n) is 3.96. The van der Waals surface area contributed by atoms with Crippen molar-refractivity contribution in [2.24, 2.45) is 11.7 Å². The maximum Gasteiger partial charge on any atom is 0.399 e. The maximum absolute atomic E-state index is 12.7. The Balaban J connectivity index is 2.68. The molecule has 0 bridgehead atoms. The second kappa shape index (κ2) is 6.19. The average molecular weight is 279 g/mol. The van der Waals surface area contributed by atoms with Gasteiger partial charge in [-0.3, -0.25) is 10.3 Å². The van der Waals surface area contributed by atoms with Crippen molar-refractivity contribution in [1.29, 1.82) is 5.41 Å². The molecule has 0 aliphatic carbocycles. The Morgan fingerprint density at radius 3 is 2.61 bits per heavy atom. The molecule has 1 atom stereocenters. The highest BCUT2D eigenvalue weighted by Crippen LogP contribution is 2.27. The van der Waals surface area contributed by atoms with Crippen LogP contribution >= 0.6 is 11.3 Å². The number of hydrogen-bond donors (Lipinski definition) is 2. The van der Waals surface area contributed by atoms with E-state index in [1.54, 1.807) is 11.8 Å². The number of nitrogens with two attached hydrogens (primary N) is 1. The summed E-state index contributed by atoms with van der Waals surface area (Å²) in [5.74, 6) is -2.72. The molecule has 0 aliphatic heterocycles. The molecule has 1 aromatic heterocycles. The van der Waals surface area contributed by atoms with E-state index in [0.717, 1.165) is 4.88 Å². The largest absolute Gasteiger partial charge is 0.399 e. The topological polar surface area (TPSA) is 53.1 Å². The highest BCUT2D eigenvalue weighted by molar-refractivity contribution is 7.09. The average Bonchev–Trinajstić information content (AvgIpc) is 2.74. The molecule has 1 unspecified atom stereocenters. The van der Waals surface area contributed by atoms with E-state index in [1.807, 2.05) is 17.5 Å². The number of alkyl halides is 3. The van der Waals surface area contributed by atoms with Gasteiger partial charge in [0.1, 0.15) is 11.8 Å². The molecule has 0 spiro atoms. The lowest BCUT2D eigenvalue weighted by Crippen LogP contribution is -2.43. The van der Waals surface area contributed by atoms with E-state index in [1.165, 1.54) is 11.3 Å². The SMILES string of the molecule is CCN(Cc1cccs1)CC(C(=N)N)C(F)(F)F. The lowest BCUT2D eigenvalue weighted by Gasteiger charge is -2.26. The summed E-state index contributed by atoms with van der Waals surface area (Å²) >= 11 is 1.50. The van der Waals surface area contributed by atoms with E-state index in [0.29, 0.717) is 13.1 Å². The predicted molar refractivity (Wildman–Crippen MR) is 66.7 cm³/mol. The third-order valence-corrected chi connectivity index (χ3v) is 3.48. The zero-order chi connectivity index (χ0) is 13.8. The van der Waals surface area contributed by atoms with Gasteiger partial charge in [-0.05, 0) is 18.0 Å². The Hall–Kier alpha value is -1.08. The Bertz CT molecular complexity index is 375. The first-order valence-corrected chi connectivity index (χ1v) is 6.38. The minimum absolute atomic E-state index is 0.271. The van der Waals surface area contributed by atoms with Crippen molar-refractivity contribution in [3.63, 3.8) is 0 Å². The van der Waals surface area contributed by atoms with Crippen molar-refractivity contribution in [2.75, 3.05) is 13.1 Å². The molecule has 102 valence electrons. The summed E-state index contributed by atoms with van der Waals surface area (Å²) in [7, 11) is 0. The molecule has 1 heterocycles. The summed E-state index contributed by atoms with van der Waals surface area (Å²) in [5.41, 5.74) is 5.04. The second-order valence-corrected chi connectivity index (χ2v) is 4.99. The van der Waals surface area contributed by atoms with Gasteiger partial charge in [0.05, 0.1) is 0 Å². The Kier molecular flexibility index (Phi) is 5.15. The van der Waals surface area contributed by atoms with Crippen LogP contribution in [0.25, 0.3) is 0 Å². The van der Waals surface area contributed by atoms with E-state index >= 15 is 0 Å². The molecule has 7 heteroatoms. The van der Waals surface area contributed by atoms with E-state index in [9.17, 15) is 13.2 Å². The van der Waals surface area contributed by atoms with Gasteiger partial charge >= 0.3 is 6.18 Å². The van der Waals surface area contributed by atoms with Gasteiger partial charge in [0, 0.05) is 18.0 Å². The van der Waals surface area contributed by atoms with Crippen LogP contribution in [0.1, 0.15) is 11.8 Å². The van der Waals surface area contributed by atoms with Gasteiger partial charge in [-0.15, -0.1) is 11.3 Å². The molecule has 0 saturated heterocycles. The van der Waals surface area contributed by atoms with Crippen LogP contribution in [0.5, 0.6) is 0 Å². The molecule has 3 N–H and O–H groups in total. The van der Waals surface area contributed by atoms with Crippen LogP contribution in [0.2, 0.25) is 0 Å². The zero-order valence-electron chi connectivity index (χ0n) is 10.00. The van der Waals surface area contributed by atoms with Crippen LogP contribution in [-0.4, -0.2) is 30.0 Å². The highest BCUT2D eigenvalue weighted by atomic mass is 32.1. The van der Waals surface area contributed by atoms with Gasteiger partial charge in [0.25, 0.3) is 0 Å². The fourth-order valence-electron chi connectivity index (χ4n) is 1.56. The van der Waals surface area contributed by atoms with Gasteiger partial charge in [0.2, 0.25) is 0 Å². The van der Waals surface area contributed by atoms with Gasteiger partial charge in [0.15, 0.2) is 0 Å². The minimum Gasteiger partial charge on any atom is -0.387 e. The molecule has 0 aliphatic rings. The highest BCUT2D eigenvalue weighted by Gasteiger charge is 2.42. The molecular weight excluding hydrogens is 263 g/mol. The third-order valence-electron chi connectivity index (χ3n) is 2.62. The Labute approximate surface area is 108 Å². The number of nitrogens with one attached hydrogen (secondary N) is 1. The van der Waals surface area contributed by atoms with E-state index in [2.05, 4.69) is 0 Å². The number of halogens is 3. The van der Waals surface area contributed by atoms with Crippen LogP contribution in [0.3, 0.4) is 0 Å². The van der Waals surface area contributed by atoms with Crippen molar-refractivity contribution in [2.45, 2.75) is 19.6 Å². The van der Waals surface area contributed by atoms with E-state index < -0.39 is 17.9 Å². The number of rotatable bonds is 6. The summed E-state index contributed by atoms with van der Waals surface area (Å²) in [6.07, 6.45) is -4.46. The summed E-state index contributed by atoms with van der Waals surface area (Å²) < 4.78 is 38.1. The molecule has 0 fully saturated rings. The molecule has 1 rings (SSSR count). The van der Waals surface area contributed by atoms with Crippen molar-refractivity contribution < 1.29 is 13.2 Å². The zero-order valence-corrected chi connectivity index (χ0v) is 10.8. The van der Waals surface area contributed by atoms with E-state index in [-0.39, 0.29) is 6.54 Å². The summed E-state index contributed by atoms with van der Waals surface area (Å²) in [5, 5.41) is 8.94. The molecule has 1 aromatic rings. The summed E-state index contributed by atoms with van der Waals surface area (Å²) in [6, 6.07) is 3.74. The van der Waals surface area contributed by atoms with Crippen molar-refractivity contribution in [3.8, 4) is 0 Å². The first kappa shape index (κ1) is 15.0. The minimum atomic E-state index is -4.46. The fourth-order valence-corrected chi connectivity index (χ4v) is 2.31. The Morgan fingerprint density at radius 2 is 2.22 bits per heavy atom. The maximum atomic E-state index is 12.7. The van der Waals surface area contributed by atoms with Crippen molar-refractivity contribution >= 4 is 17.2 Å². The van der Waals surface area contributed by atoms with Crippen molar-refractivity contribution in [1.82, 2.24) is 4.90 Å². The Morgan fingerprint density at radius 1 is 1.56 bits per heavy atom. The number of amidine groups is 1. The summed E-state index contributed by atoms with van der Waals surface area (Å²) in [4.78, 5) is 2.65. The van der Waals surface area contributed by atoms with Crippen LogP contribution < -0.4 is 5.73 Å². The van der Waals surface area contributed by atoms with Crippen LogP contribution in [-0.2, 0) is 6.54 Å². The lowest BCUT2D eigenvalue weighted by atomic mass is 10.1. The molecule has 0 saturated carbocycles. The molecule has 0 aromatic carbocycles. The number of hydrogen-bond acceptors (Lipinski definition) is 3. The first-order valence-electron chi connectivity index (χ1n) is 5.50. The number of thiophene rings is 1. The first-order chi connectivity index (χ1) is 8.34. The molecule has 18 heavy (non-hydrogen) atoms. The van der Waals surface area contributed by atoms with E-state index in [4.69, 9.17) is 11.1 Å². The lowest BCUT2D eigenvalue weighted by molar-refractivity contribution is -0.160. The summed E-state index contributed by atoms with van der Waals surface area (Å²) in [6.45, 7) is 2.46. The van der Waals surface area contributed by atoms with Crippen LogP contribution in [0.4, 0.5) is 13.2 Å². The molecule has 3 nitrogen and oxygen atoms in total. The number of nitrogens with zero attached hydrogens (tertiary/aromatic N) is 1. The third kappa shape index (κ3) is 4.30. The van der Waals surface area contributed by atoms with Crippen LogP contribution in [0.15, 0.2) is 17.5 Å². The smallest absolute Gasteiger partial charge is 0.387 e. The predicted octanol–water partition coefficient (Wildman–Crippen LogP) is 2.68. The van der Waals surface area contributed by atoms with Gasteiger partial charge in [-0.1, -0.05) is 13.0 Å². The van der Waals surface area contributed by atoms with Crippen LogP contribution in [0, 0.1) is 11.3 Å². The molecule has 0 radical (unpaired) electrons. The molecule has 0 amide bonds.